The number of benzene rings is 2. The molecule has 0 fully saturated rings. The summed E-state index contributed by atoms with van der Waals surface area (Å²) < 4.78 is 8.65. The standard InChI is InChI=1S/C26H29N2O/c1-16-19(24-27-14-9-15-28(24)6)23-20(17-10-7-8-11-18(17)29-23)22-21(16)25(2,3)12-13-26(22,4)5/h7-11,14-15H,12-13H2,1-6H3/q+1. The van der Waals surface area contributed by atoms with E-state index >= 15 is 0 Å². The van der Waals surface area contributed by atoms with Gasteiger partial charge in [0.15, 0.2) is 5.58 Å². The first-order valence-corrected chi connectivity index (χ1v) is 10.5. The average Bonchev–Trinajstić information content (AvgIpc) is 3.04. The highest BCUT2D eigenvalue weighted by Crippen LogP contribution is 2.53. The summed E-state index contributed by atoms with van der Waals surface area (Å²) in [5.41, 5.74) is 7.52. The summed E-state index contributed by atoms with van der Waals surface area (Å²) in [5.74, 6) is 0.955. The van der Waals surface area contributed by atoms with E-state index in [1.165, 1.54) is 40.3 Å². The van der Waals surface area contributed by atoms with Crippen LogP contribution in [0.1, 0.15) is 57.2 Å². The lowest BCUT2D eigenvalue weighted by atomic mass is 9.60. The van der Waals surface area contributed by atoms with E-state index in [0.29, 0.717) is 0 Å². The SMILES string of the molecule is Cc1c2c(c3c(oc4ccccc43)c1-c1nccc[n+]1C)C(C)(C)CCC2(C)C. The van der Waals surface area contributed by atoms with E-state index in [4.69, 9.17) is 9.40 Å². The molecule has 0 saturated carbocycles. The first kappa shape index (κ1) is 18.4. The molecule has 1 aliphatic carbocycles. The minimum atomic E-state index is 0.103. The van der Waals surface area contributed by atoms with Crippen LogP contribution in [0.5, 0.6) is 0 Å². The second kappa shape index (κ2) is 5.91. The maximum atomic E-state index is 6.55. The predicted molar refractivity (Wildman–Crippen MR) is 118 cm³/mol. The zero-order valence-corrected chi connectivity index (χ0v) is 18.3. The molecule has 2 heterocycles. The fourth-order valence-corrected chi connectivity index (χ4v) is 5.43. The van der Waals surface area contributed by atoms with Gasteiger partial charge in [0.25, 0.3) is 0 Å². The van der Waals surface area contributed by atoms with Crippen molar-refractivity contribution in [1.82, 2.24) is 4.98 Å². The van der Waals surface area contributed by atoms with Gasteiger partial charge in [-0.2, -0.15) is 0 Å². The second-order valence-electron chi connectivity index (χ2n) is 9.87. The van der Waals surface area contributed by atoms with Crippen LogP contribution in [0.25, 0.3) is 33.3 Å². The van der Waals surface area contributed by atoms with Crippen molar-refractivity contribution in [2.45, 2.75) is 58.3 Å². The molecule has 0 bridgehead atoms. The maximum absolute atomic E-state index is 6.55. The van der Waals surface area contributed by atoms with Gasteiger partial charge in [-0.05, 0) is 58.3 Å². The molecule has 0 aliphatic heterocycles. The van der Waals surface area contributed by atoms with Crippen LogP contribution in [0.4, 0.5) is 0 Å². The molecule has 148 valence electrons. The fourth-order valence-electron chi connectivity index (χ4n) is 5.43. The molecule has 0 saturated heterocycles. The molecule has 0 radical (unpaired) electrons. The van der Waals surface area contributed by atoms with E-state index in [0.717, 1.165) is 22.6 Å². The van der Waals surface area contributed by atoms with E-state index in [1.807, 2.05) is 12.3 Å². The van der Waals surface area contributed by atoms with Crippen LogP contribution in [-0.4, -0.2) is 4.98 Å². The molecule has 0 amide bonds. The topological polar surface area (TPSA) is 29.9 Å². The van der Waals surface area contributed by atoms with Gasteiger partial charge in [-0.25, -0.2) is 4.57 Å². The van der Waals surface area contributed by atoms with Crippen molar-refractivity contribution in [3.05, 3.63) is 59.4 Å². The molecule has 0 spiro atoms. The third-order valence-corrected chi connectivity index (χ3v) is 6.95. The Morgan fingerprint density at radius 3 is 2.38 bits per heavy atom. The van der Waals surface area contributed by atoms with E-state index in [9.17, 15) is 0 Å². The molecule has 4 aromatic rings. The van der Waals surface area contributed by atoms with Gasteiger partial charge in [-0.1, -0.05) is 45.9 Å². The van der Waals surface area contributed by atoms with Crippen molar-refractivity contribution >= 4 is 21.9 Å². The molecule has 5 rings (SSSR count). The summed E-state index contributed by atoms with van der Waals surface area (Å²) in [5, 5.41) is 2.49. The Hall–Kier alpha value is -2.68. The number of hydrogen-bond acceptors (Lipinski definition) is 2. The Morgan fingerprint density at radius 1 is 0.966 bits per heavy atom. The number of furan rings is 1. The van der Waals surface area contributed by atoms with Gasteiger partial charge in [0.1, 0.15) is 17.3 Å². The number of aryl methyl sites for hydroxylation is 1. The molecule has 3 heteroatoms. The molecular weight excluding hydrogens is 356 g/mol. The van der Waals surface area contributed by atoms with E-state index < -0.39 is 0 Å². The Balaban J connectivity index is 2.09. The Bertz CT molecular complexity index is 1280. The normalized spacial score (nSPS) is 17.6. The van der Waals surface area contributed by atoms with Crippen LogP contribution in [-0.2, 0) is 17.9 Å². The molecule has 2 aromatic heterocycles. The van der Waals surface area contributed by atoms with Gasteiger partial charge >= 0.3 is 5.82 Å². The number of aromatic nitrogens is 2. The van der Waals surface area contributed by atoms with Crippen molar-refractivity contribution in [3.8, 4) is 11.4 Å². The van der Waals surface area contributed by atoms with Crippen molar-refractivity contribution in [2.24, 2.45) is 7.05 Å². The summed E-state index contributed by atoms with van der Waals surface area (Å²) in [6, 6.07) is 10.4. The quantitative estimate of drug-likeness (QED) is 0.369. The molecular formula is C26H29N2O+. The van der Waals surface area contributed by atoms with Gasteiger partial charge < -0.3 is 4.42 Å². The van der Waals surface area contributed by atoms with Gasteiger partial charge in [0.2, 0.25) is 0 Å². The van der Waals surface area contributed by atoms with E-state index in [1.54, 1.807) is 0 Å². The third kappa shape index (κ3) is 2.49. The van der Waals surface area contributed by atoms with Crippen molar-refractivity contribution in [1.29, 1.82) is 0 Å². The number of hydrogen-bond donors (Lipinski definition) is 0. The molecule has 0 N–H and O–H groups in total. The molecule has 2 aromatic carbocycles. The van der Waals surface area contributed by atoms with Gasteiger partial charge in [-0.3, -0.25) is 0 Å². The molecule has 29 heavy (non-hydrogen) atoms. The van der Waals surface area contributed by atoms with Gasteiger partial charge in [-0.15, -0.1) is 0 Å². The second-order valence-corrected chi connectivity index (χ2v) is 9.87. The molecule has 3 nitrogen and oxygen atoms in total. The average molecular weight is 386 g/mol. The van der Waals surface area contributed by atoms with Crippen LogP contribution in [0.2, 0.25) is 0 Å². The molecule has 1 aliphatic rings. The highest BCUT2D eigenvalue weighted by Gasteiger charge is 2.42. The van der Waals surface area contributed by atoms with Crippen molar-refractivity contribution < 1.29 is 8.98 Å². The number of nitrogens with zero attached hydrogens (tertiary/aromatic N) is 2. The van der Waals surface area contributed by atoms with Crippen molar-refractivity contribution in [3.63, 3.8) is 0 Å². The van der Waals surface area contributed by atoms with Crippen LogP contribution in [0.15, 0.2) is 47.1 Å². The summed E-state index contributed by atoms with van der Waals surface area (Å²) in [4.78, 5) is 4.77. The fraction of sp³-hybridized carbons (Fsp3) is 0.385. The highest BCUT2D eigenvalue weighted by atomic mass is 16.3. The molecule has 0 atom stereocenters. The smallest absolute Gasteiger partial charge is 0.334 e. The van der Waals surface area contributed by atoms with Crippen LogP contribution in [0, 0.1) is 6.92 Å². The number of rotatable bonds is 1. The summed E-state index contributed by atoms with van der Waals surface area (Å²) in [6.45, 7) is 11.8. The lowest BCUT2D eigenvalue weighted by Crippen LogP contribution is -2.36. The summed E-state index contributed by atoms with van der Waals surface area (Å²) >= 11 is 0. The zero-order chi connectivity index (χ0) is 20.6. The first-order chi connectivity index (χ1) is 13.7. The first-order valence-electron chi connectivity index (χ1n) is 10.5. The highest BCUT2D eigenvalue weighted by molar-refractivity contribution is 6.12. The minimum absolute atomic E-state index is 0.103. The summed E-state index contributed by atoms with van der Waals surface area (Å²) in [6.07, 6.45) is 6.29. The molecule has 0 unspecified atom stereocenters. The van der Waals surface area contributed by atoms with Gasteiger partial charge in [0, 0.05) is 16.8 Å². The number of fused-ring (bicyclic) bond motifs is 5. The summed E-state index contributed by atoms with van der Waals surface area (Å²) in [7, 11) is 2.06. The zero-order valence-electron chi connectivity index (χ0n) is 18.3. The van der Waals surface area contributed by atoms with Crippen LogP contribution >= 0.6 is 0 Å². The third-order valence-electron chi connectivity index (χ3n) is 6.95. The monoisotopic (exact) mass is 385 g/mol. The number of para-hydroxylation sites is 1. The Morgan fingerprint density at radius 2 is 1.66 bits per heavy atom. The Kier molecular flexibility index (Phi) is 3.74. The van der Waals surface area contributed by atoms with E-state index in [-0.39, 0.29) is 10.8 Å². The minimum Gasteiger partial charge on any atom is -0.455 e. The lowest BCUT2D eigenvalue weighted by molar-refractivity contribution is -0.663. The predicted octanol–water partition coefficient (Wildman–Crippen LogP) is 6.13. The lowest BCUT2D eigenvalue weighted by Gasteiger charge is -2.43. The Labute approximate surface area is 172 Å². The maximum Gasteiger partial charge on any atom is 0.334 e. The largest absolute Gasteiger partial charge is 0.455 e. The van der Waals surface area contributed by atoms with Gasteiger partial charge in [0.05, 0.1) is 13.2 Å². The van der Waals surface area contributed by atoms with Crippen molar-refractivity contribution in [2.75, 3.05) is 0 Å². The van der Waals surface area contributed by atoms with Crippen LogP contribution < -0.4 is 4.57 Å². The van der Waals surface area contributed by atoms with Crippen LogP contribution in [0.3, 0.4) is 0 Å². The van der Waals surface area contributed by atoms with E-state index in [2.05, 4.69) is 76.7 Å².